The summed E-state index contributed by atoms with van der Waals surface area (Å²) in [6, 6.07) is 5.93. The highest BCUT2D eigenvalue weighted by Crippen LogP contribution is 2.25. The van der Waals surface area contributed by atoms with Gasteiger partial charge in [0.05, 0.1) is 6.61 Å². The summed E-state index contributed by atoms with van der Waals surface area (Å²) < 4.78 is 11.6. The van der Waals surface area contributed by atoms with E-state index in [9.17, 15) is 0 Å². The Morgan fingerprint density at radius 3 is 2.80 bits per heavy atom. The van der Waals surface area contributed by atoms with Crippen LogP contribution in [0.3, 0.4) is 0 Å². The van der Waals surface area contributed by atoms with Crippen LogP contribution in [0.15, 0.2) is 27.2 Å². The molecule has 1 atom stereocenters. The van der Waals surface area contributed by atoms with Gasteiger partial charge in [-0.2, -0.15) is 4.98 Å². The van der Waals surface area contributed by atoms with E-state index >= 15 is 0 Å². The number of hydrogen-bond donors (Lipinski definition) is 1. The van der Waals surface area contributed by atoms with Gasteiger partial charge in [-0.3, -0.25) is 0 Å². The summed E-state index contributed by atoms with van der Waals surface area (Å²) in [6.45, 7) is 6.70. The molecular formula is C14H18BrN3O2. The van der Waals surface area contributed by atoms with Crippen molar-refractivity contribution in [1.29, 1.82) is 0 Å². The van der Waals surface area contributed by atoms with Crippen molar-refractivity contribution in [1.82, 2.24) is 10.1 Å². The summed E-state index contributed by atoms with van der Waals surface area (Å²) in [7, 11) is 0. The molecule has 2 N–H and O–H groups in total. The molecule has 0 spiro atoms. The van der Waals surface area contributed by atoms with Crippen molar-refractivity contribution in [3.05, 3.63) is 34.1 Å². The van der Waals surface area contributed by atoms with E-state index in [4.69, 9.17) is 15.0 Å². The van der Waals surface area contributed by atoms with Crippen molar-refractivity contribution < 1.29 is 9.26 Å². The van der Waals surface area contributed by atoms with Gasteiger partial charge in [0.25, 0.3) is 5.89 Å². The predicted octanol–water partition coefficient (Wildman–Crippen LogP) is 3.02. The van der Waals surface area contributed by atoms with E-state index in [0.29, 0.717) is 24.9 Å². The Hall–Kier alpha value is -1.24. The molecule has 5 nitrogen and oxygen atoms in total. The SMILES string of the molecule is CCOCC(C)(N)c1noc(-c2cc(C)cc(Br)c2)n1. The molecule has 2 rings (SSSR count). The second kappa shape index (κ2) is 6.03. The number of nitrogens with zero attached hydrogens (tertiary/aromatic N) is 2. The highest BCUT2D eigenvalue weighted by atomic mass is 79.9. The van der Waals surface area contributed by atoms with E-state index in [1.54, 1.807) is 0 Å². The molecule has 1 aromatic heterocycles. The minimum atomic E-state index is -0.765. The van der Waals surface area contributed by atoms with Crippen LogP contribution in [0.4, 0.5) is 0 Å². The van der Waals surface area contributed by atoms with Crippen LogP contribution in [-0.4, -0.2) is 23.4 Å². The lowest BCUT2D eigenvalue weighted by molar-refractivity contribution is 0.0962. The molecule has 0 aliphatic heterocycles. The number of rotatable bonds is 5. The first-order valence-electron chi connectivity index (χ1n) is 6.41. The summed E-state index contributed by atoms with van der Waals surface area (Å²) in [5.74, 6) is 0.899. The second-order valence-corrected chi connectivity index (χ2v) is 5.91. The van der Waals surface area contributed by atoms with Gasteiger partial charge in [0.2, 0.25) is 0 Å². The van der Waals surface area contributed by atoms with Gasteiger partial charge >= 0.3 is 0 Å². The van der Waals surface area contributed by atoms with Crippen LogP contribution in [0.1, 0.15) is 25.2 Å². The maximum absolute atomic E-state index is 6.16. The minimum Gasteiger partial charge on any atom is -0.379 e. The van der Waals surface area contributed by atoms with Gasteiger partial charge in [0, 0.05) is 16.6 Å². The van der Waals surface area contributed by atoms with E-state index in [2.05, 4.69) is 26.1 Å². The minimum absolute atomic E-state index is 0.347. The standard InChI is InChI=1S/C14H18BrN3O2/c1-4-19-8-14(3,16)13-17-12(20-18-13)10-5-9(2)6-11(15)7-10/h5-7H,4,8,16H2,1-3H3. The molecule has 0 bridgehead atoms. The molecule has 6 heteroatoms. The van der Waals surface area contributed by atoms with Crippen LogP contribution in [-0.2, 0) is 10.3 Å². The molecule has 0 fully saturated rings. The summed E-state index contributed by atoms with van der Waals surface area (Å²) in [4.78, 5) is 4.38. The molecule has 108 valence electrons. The normalized spacial score (nSPS) is 14.2. The van der Waals surface area contributed by atoms with Crippen molar-refractivity contribution >= 4 is 15.9 Å². The lowest BCUT2D eigenvalue weighted by atomic mass is 10.1. The molecule has 1 aromatic carbocycles. The van der Waals surface area contributed by atoms with E-state index in [1.165, 1.54) is 0 Å². The quantitative estimate of drug-likeness (QED) is 0.906. The van der Waals surface area contributed by atoms with Crippen LogP contribution >= 0.6 is 15.9 Å². The number of aromatic nitrogens is 2. The molecule has 0 amide bonds. The Labute approximate surface area is 126 Å². The fourth-order valence-corrected chi connectivity index (χ4v) is 2.42. The third-order valence-electron chi connectivity index (χ3n) is 2.83. The molecule has 1 unspecified atom stereocenters. The zero-order valence-electron chi connectivity index (χ0n) is 11.8. The third-order valence-corrected chi connectivity index (χ3v) is 3.29. The number of aryl methyl sites for hydroxylation is 1. The van der Waals surface area contributed by atoms with Gasteiger partial charge < -0.3 is 15.0 Å². The molecule has 20 heavy (non-hydrogen) atoms. The Kier molecular flexibility index (Phi) is 4.57. The van der Waals surface area contributed by atoms with E-state index < -0.39 is 5.54 Å². The number of benzene rings is 1. The summed E-state index contributed by atoms with van der Waals surface area (Å²) in [5.41, 5.74) is 7.36. The first-order chi connectivity index (χ1) is 9.42. The van der Waals surface area contributed by atoms with E-state index in [-0.39, 0.29) is 0 Å². The van der Waals surface area contributed by atoms with Crippen LogP contribution in [0.25, 0.3) is 11.5 Å². The lowest BCUT2D eigenvalue weighted by Crippen LogP contribution is -2.39. The Bertz CT molecular complexity index is 576. The zero-order chi connectivity index (χ0) is 14.8. The van der Waals surface area contributed by atoms with E-state index in [0.717, 1.165) is 15.6 Å². The monoisotopic (exact) mass is 339 g/mol. The molecule has 0 saturated heterocycles. The Balaban J connectivity index is 2.28. The Morgan fingerprint density at radius 2 is 2.15 bits per heavy atom. The fraction of sp³-hybridized carbons (Fsp3) is 0.429. The van der Waals surface area contributed by atoms with Gasteiger partial charge in [0.15, 0.2) is 5.82 Å². The molecule has 0 aliphatic carbocycles. The predicted molar refractivity (Wildman–Crippen MR) is 80.2 cm³/mol. The topological polar surface area (TPSA) is 74.2 Å². The van der Waals surface area contributed by atoms with Gasteiger partial charge in [-0.15, -0.1) is 0 Å². The molecular weight excluding hydrogens is 322 g/mol. The molecule has 2 aromatic rings. The summed E-state index contributed by atoms with van der Waals surface area (Å²) in [6.07, 6.45) is 0. The number of ether oxygens (including phenoxy) is 1. The van der Waals surface area contributed by atoms with Gasteiger partial charge in [-0.1, -0.05) is 21.1 Å². The van der Waals surface area contributed by atoms with Gasteiger partial charge in [-0.25, -0.2) is 0 Å². The molecule has 0 radical (unpaired) electrons. The van der Waals surface area contributed by atoms with Crippen molar-refractivity contribution in [2.45, 2.75) is 26.3 Å². The Morgan fingerprint density at radius 1 is 1.40 bits per heavy atom. The second-order valence-electron chi connectivity index (χ2n) is 4.99. The maximum atomic E-state index is 6.16. The largest absolute Gasteiger partial charge is 0.379 e. The summed E-state index contributed by atoms with van der Waals surface area (Å²) >= 11 is 3.46. The average molecular weight is 340 g/mol. The van der Waals surface area contributed by atoms with Crippen molar-refractivity contribution in [2.24, 2.45) is 5.73 Å². The number of halogens is 1. The van der Waals surface area contributed by atoms with Crippen LogP contribution in [0, 0.1) is 6.92 Å². The molecule has 1 heterocycles. The average Bonchev–Trinajstić information content (AvgIpc) is 2.85. The highest BCUT2D eigenvalue weighted by molar-refractivity contribution is 9.10. The van der Waals surface area contributed by atoms with Gasteiger partial charge in [0.1, 0.15) is 5.54 Å². The van der Waals surface area contributed by atoms with Crippen LogP contribution in [0.5, 0.6) is 0 Å². The van der Waals surface area contributed by atoms with E-state index in [1.807, 2.05) is 39.0 Å². The fourth-order valence-electron chi connectivity index (χ4n) is 1.81. The number of nitrogens with two attached hydrogens (primary N) is 1. The summed E-state index contributed by atoms with van der Waals surface area (Å²) in [5, 5.41) is 3.97. The lowest BCUT2D eigenvalue weighted by Gasteiger charge is -2.19. The molecule has 0 saturated carbocycles. The highest BCUT2D eigenvalue weighted by Gasteiger charge is 2.28. The third kappa shape index (κ3) is 3.45. The van der Waals surface area contributed by atoms with Crippen molar-refractivity contribution in [2.75, 3.05) is 13.2 Å². The van der Waals surface area contributed by atoms with Crippen LogP contribution < -0.4 is 5.73 Å². The number of hydrogen-bond acceptors (Lipinski definition) is 5. The van der Waals surface area contributed by atoms with Gasteiger partial charge in [-0.05, 0) is 44.5 Å². The van der Waals surface area contributed by atoms with Crippen molar-refractivity contribution in [3.8, 4) is 11.5 Å². The first kappa shape index (κ1) is 15.2. The maximum Gasteiger partial charge on any atom is 0.258 e. The first-order valence-corrected chi connectivity index (χ1v) is 7.20. The van der Waals surface area contributed by atoms with Crippen molar-refractivity contribution in [3.63, 3.8) is 0 Å². The van der Waals surface area contributed by atoms with Crippen LogP contribution in [0.2, 0.25) is 0 Å². The molecule has 0 aliphatic rings. The smallest absolute Gasteiger partial charge is 0.258 e. The zero-order valence-corrected chi connectivity index (χ0v) is 13.4.